The fraction of sp³-hybridized carbons (Fsp3) is 0.316. The summed E-state index contributed by atoms with van der Waals surface area (Å²) in [5.74, 6) is 0.500. The van der Waals surface area contributed by atoms with Gasteiger partial charge in [-0.15, -0.1) is 0 Å². The molecule has 1 atom stereocenters. The zero-order chi connectivity index (χ0) is 20.0. The lowest BCUT2D eigenvalue weighted by atomic mass is 10.1. The number of carbonyl (C=O) groups excluding carboxylic acids is 1. The zero-order valence-corrected chi connectivity index (χ0v) is 16.5. The van der Waals surface area contributed by atoms with Gasteiger partial charge in [0.2, 0.25) is 10.0 Å². The van der Waals surface area contributed by atoms with Crippen molar-refractivity contribution in [2.24, 2.45) is 0 Å². The van der Waals surface area contributed by atoms with Gasteiger partial charge in [-0.3, -0.25) is 0 Å². The second-order valence-electron chi connectivity index (χ2n) is 5.95. The van der Waals surface area contributed by atoms with Crippen LogP contribution < -0.4 is 14.2 Å². The van der Waals surface area contributed by atoms with E-state index < -0.39 is 22.0 Å². The molecule has 8 heteroatoms. The lowest BCUT2D eigenvalue weighted by Gasteiger charge is -2.17. The van der Waals surface area contributed by atoms with E-state index >= 15 is 0 Å². The van der Waals surface area contributed by atoms with E-state index in [0.717, 1.165) is 0 Å². The van der Waals surface area contributed by atoms with Gasteiger partial charge in [0.05, 0.1) is 30.7 Å². The van der Waals surface area contributed by atoms with Crippen LogP contribution in [0.5, 0.6) is 11.5 Å². The third kappa shape index (κ3) is 5.21. The molecule has 0 radical (unpaired) electrons. The van der Waals surface area contributed by atoms with Crippen molar-refractivity contribution in [3.63, 3.8) is 0 Å². The fourth-order valence-electron chi connectivity index (χ4n) is 2.42. The maximum absolute atomic E-state index is 12.6. The first-order valence-electron chi connectivity index (χ1n) is 8.25. The van der Waals surface area contributed by atoms with Crippen LogP contribution in [0.4, 0.5) is 0 Å². The van der Waals surface area contributed by atoms with Crippen molar-refractivity contribution < 1.29 is 27.4 Å². The number of hydrogen-bond acceptors (Lipinski definition) is 6. The first-order chi connectivity index (χ1) is 12.8. The average molecular weight is 393 g/mol. The number of aryl methyl sites for hydroxylation is 1. The van der Waals surface area contributed by atoms with Gasteiger partial charge in [0.1, 0.15) is 6.61 Å². The Labute approximate surface area is 159 Å². The molecule has 146 valence electrons. The highest BCUT2D eigenvalue weighted by molar-refractivity contribution is 7.89. The number of esters is 1. The summed E-state index contributed by atoms with van der Waals surface area (Å²) in [4.78, 5) is 11.8. The van der Waals surface area contributed by atoms with Gasteiger partial charge in [-0.2, -0.15) is 0 Å². The van der Waals surface area contributed by atoms with Gasteiger partial charge in [-0.1, -0.05) is 18.2 Å². The van der Waals surface area contributed by atoms with Crippen LogP contribution >= 0.6 is 0 Å². The number of para-hydroxylation sites is 2. The summed E-state index contributed by atoms with van der Waals surface area (Å²) in [6, 6.07) is 10.9. The molecule has 0 saturated heterocycles. The highest BCUT2D eigenvalue weighted by Crippen LogP contribution is 2.26. The smallest absolute Gasteiger partial charge is 0.338 e. The van der Waals surface area contributed by atoms with Gasteiger partial charge in [-0.05, 0) is 43.7 Å². The minimum atomic E-state index is -3.83. The number of ether oxygens (including phenoxy) is 3. The fourth-order valence-corrected chi connectivity index (χ4v) is 3.67. The van der Waals surface area contributed by atoms with Crippen LogP contribution in [0.15, 0.2) is 47.4 Å². The third-order valence-electron chi connectivity index (χ3n) is 3.84. The molecule has 0 aromatic heterocycles. The van der Waals surface area contributed by atoms with Crippen molar-refractivity contribution in [2.75, 3.05) is 20.8 Å². The molecule has 1 N–H and O–H groups in total. The standard InChI is InChI=1S/C19H23NO6S/c1-13-9-10-15(11-16(13)19(21)25-4)27(22,23)20-14(2)12-26-18-8-6-5-7-17(18)24-3/h5-11,14,20H,12H2,1-4H3/t14-/m1/s1. The van der Waals surface area contributed by atoms with E-state index in [1.165, 1.54) is 26.4 Å². The number of methoxy groups -OCH3 is 2. The lowest BCUT2D eigenvalue weighted by Crippen LogP contribution is -2.36. The predicted octanol–water partition coefficient (Wildman–Crippen LogP) is 2.54. The molecule has 0 saturated carbocycles. The molecule has 27 heavy (non-hydrogen) atoms. The number of sulfonamides is 1. The number of benzene rings is 2. The molecule has 0 amide bonds. The normalized spacial score (nSPS) is 12.3. The van der Waals surface area contributed by atoms with Crippen LogP contribution in [0.1, 0.15) is 22.8 Å². The molecular formula is C19H23NO6S. The molecule has 2 rings (SSSR count). The molecule has 0 fully saturated rings. The number of nitrogens with one attached hydrogen (secondary N) is 1. The van der Waals surface area contributed by atoms with Crippen molar-refractivity contribution in [3.05, 3.63) is 53.6 Å². The SMILES string of the molecule is COC(=O)c1cc(S(=O)(=O)N[C@H](C)COc2ccccc2OC)ccc1C. The molecule has 0 aliphatic rings. The average Bonchev–Trinajstić information content (AvgIpc) is 2.65. The minimum Gasteiger partial charge on any atom is -0.493 e. The summed E-state index contributed by atoms with van der Waals surface area (Å²) in [5, 5.41) is 0. The number of hydrogen-bond donors (Lipinski definition) is 1. The largest absolute Gasteiger partial charge is 0.493 e. The van der Waals surface area contributed by atoms with Gasteiger partial charge in [0, 0.05) is 0 Å². The summed E-state index contributed by atoms with van der Waals surface area (Å²) in [5.41, 5.74) is 0.839. The molecule has 2 aromatic carbocycles. The van der Waals surface area contributed by atoms with E-state index in [2.05, 4.69) is 9.46 Å². The molecule has 2 aromatic rings. The van der Waals surface area contributed by atoms with E-state index in [-0.39, 0.29) is 17.1 Å². The summed E-state index contributed by atoms with van der Waals surface area (Å²) >= 11 is 0. The van der Waals surface area contributed by atoms with E-state index in [4.69, 9.17) is 9.47 Å². The molecule has 0 spiro atoms. The Kier molecular flexibility index (Phi) is 6.81. The van der Waals surface area contributed by atoms with Gasteiger partial charge in [0.15, 0.2) is 11.5 Å². The minimum absolute atomic E-state index is 0.0161. The summed E-state index contributed by atoms with van der Waals surface area (Å²) < 4.78 is 43.3. The van der Waals surface area contributed by atoms with Crippen molar-refractivity contribution >= 4 is 16.0 Å². The maximum Gasteiger partial charge on any atom is 0.338 e. The Balaban J connectivity index is 2.10. The van der Waals surface area contributed by atoms with Crippen LogP contribution in [0, 0.1) is 6.92 Å². The van der Waals surface area contributed by atoms with E-state index in [1.54, 1.807) is 38.1 Å². The van der Waals surface area contributed by atoms with Crippen LogP contribution in [0.2, 0.25) is 0 Å². The van der Waals surface area contributed by atoms with Crippen LogP contribution in [0.3, 0.4) is 0 Å². The van der Waals surface area contributed by atoms with Crippen molar-refractivity contribution in [1.82, 2.24) is 4.72 Å². The Bertz CT molecular complexity index is 910. The Morgan fingerprint density at radius 2 is 1.78 bits per heavy atom. The predicted molar refractivity (Wildman–Crippen MR) is 101 cm³/mol. The molecular weight excluding hydrogens is 370 g/mol. The lowest BCUT2D eigenvalue weighted by molar-refractivity contribution is 0.0599. The molecule has 0 heterocycles. The number of rotatable bonds is 8. The maximum atomic E-state index is 12.6. The number of carbonyl (C=O) groups is 1. The van der Waals surface area contributed by atoms with Crippen molar-refractivity contribution in [2.45, 2.75) is 24.8 Å². The highest BCUT2D eigenvalue weighted by Gasteiger charge is 2.21. The summed E-state index contributed by atoms with van der Waals surface area (Å²) in [6.45, 7) is 3.50. The van der Waals surface area contributed by atoms with E-state index in [9.17, 15) is 13.2 Å². The zero-order valence-electron chi connectivity index (χ0n) is 15.7. The highest BCUT2D eigenvalue weighted by atomic mass is 32.2. The summed E-state index contributed by atoms with van der Waals surface area (Å²) in [7, 11) is -1.05. The Morgan fingerprint density at radius 3 is 2.41 bits per heavy atom. The molecule has 0 bridgehead atoms. The molecule has 7 nitrogen and oxygen atoms in total. The third-order valence-corrected chi connectivity index (χ3v) is 5.43. The Morgan fingerprint density at radius 1 is 1.11 bits per heavy atom. The first-order valence-corrected chi connectivity index (χ1v) is 9.74. The topological polar surface area (TPSA) is 90.9 Å². The van der Waals surface area contributed by atoms with Gasteiger partial charge < -0.3 is 14.2 Å². The van der Waals surface area contributed by atoms with Crippen molar-refractivity contribution in [3.8, 4) is 11.5 Å². The molecule has 0 aliphatic carbocycles. The second-order valence-corrected chi connectivity index (χ2v) is 7.67. The quantitative estimate of drug-likeness (QED) is 0.693. The van der Waals surface area contributed by atoms with Gasteiger partial charge in [-0.25, -0.2) is 17.9 Å². The van der Waals surface area contributed by atoms with Gasteiger partial charge in [0.25, 0.3) is 0 Å². The molecule has 0 aliphatic heterocycles. The van der Waals surface area contributed by atoms with E-state index in [0.29, 0.717) is 17.1 Å². The molecule has 0 unspecified atom stereocenters. The van der Waals surface area contributed by atoms with Crippen LogP contribution in [-0.2, 0) is 14.8 Å². The van der Waals surface area contributed by atoms with Gasteiger partial charge >= 0.3 is 5.97 Å². The van der Waals surface area contributed by atoms with E-state index in [1.807, 2.05) is 6.07 Å². The monoisotopic (exact) mass is 393 g/mol. The van der Waals surface area contributed by atoms with Crippen LogP contribution in [0.25, 0.3) is 0 Å². The Hall–Kier alpha value is -2.58. The van der Waals surface area contributed by atoms with Crippen LogP contribution in [-0.4, -0.2) is 41.3 Å². The first kappa shape index (κ1) is 20.7. The second kappa shape index (κ2) is 8.88. The summed E-state index contributed by atoms with van der Waals surface area (Å²) in [6.07, 6.45) is 0. The van der Waals surface area contributed by atoms with Crippen molar-refractivity contribution in [1.29, 1.82) is 0 Å².